The lowest BCUT2D eigenvalue weighted by Gasteiger charge is -2.40. The van der Waals surface area contributed by atoms with Crippen LogP contribution in [0.15, 0.2) is 18.2 Å². The van der Waals surface area contributed by atoms with Gasteiger partial charge in [0.15, 0.2) is 0 Å². The van der Waals surface area contributed by atoms with Crippen molar-refractivity contribution in [3.8, 4) is 5.75 Å². The van der Waals surface area contributed by atoms with Gasteiger partial charge in [0.25, 0.3) is 0 Å². The Morgan fingerprint density at radius 1 is 1.07 bits per heavy atom. The zero-order valence-corrected chi connectivity index (χ0v) is 16.9. The van der Waals surface area contributed by atoms with Crippen molar-refractivity contribution in [1.29, 1.82) is 0 Å². The summed E-state index contributed by atoms with van der Waals surface area (Å²) in [6, 6.07) is 5.30. The first kappa shape index (κ1) is 19.3. The molecule has 2 fully saturated rings. The molecule has 0 N–H and O–H groups in total. The summed E-state index contributed by atoms with van der Waals surface area (Å²) >= 11 is 6.14. The number of amides is 3. The lowest BCUT2D eigenvalue weighted by atomic mass is 9.95. The monoisotopic (exact) mass is 407 g/mol. The van der Waals surface area contributed by atoms with Crippen molar-refractivity contribution in [1.82, 2.24) is 9.80 Å². The third-order valence-electron chi connectivity index (χ3n) is 5.65. The van der Waals surface area contributed by atoms with Gasteiger partial charge in [0.2, 0.25) is 5.91 Å². The summed E-state index contributed by atoms with van der Waals surface area (Å²) in [5, 5.41) is 0.574. The van der Waals surface area contributed by atoms with Crippen LogP contribution in [-0.4, -0.2) is 73.8 Å². The number of ether oxygens (including phenoxy) is 2. The molecule has 8 heteroatoms. The fourth-order valence-electron chi connectivity index (χ4n) is 4.12. The number of nitrogens with zero attached hydrogens (tertiary/aromatic N) is 3. The predicted octanol–water partition coefficient (Wildman–Crippen LogP) is 2.62. The number of piperidine rings is 1. The predicted molar refractivity (Wildman–Crippen MR) is 106 cm³/mol. The van der Waals surface area contributed by atoms with Crippen LogP contribution in [0.2, 0.25) is 5.02 Å². The summed E-state index contributed by atoms with van der Waals surface area (Å²) in [6.45, 7) is 6.16. The fourth-order valence-corrected chi connectivity index (χ4v) is 4.29. The zero-order chi connectivity index (χ0) is 19.7. The summed E-state index contributed by atoms with van der Waals surface area (Å²) < 4.78 is 11.2. The van der Waals surface area contributed by atoms with Crippen LogP contribution in [0.4, 0.5) is 10.5 Å². The van der Waals surface area contributed by atoms with Crippen molar-refractivity contribution in [2.24, 2.45) is 5.92 Å². The first-order valence-corrected chi connectivity index (χ1v) is 10.3. The normalized spacial score (nSPS) is 23.2. The van der Waals surface area contributed by atoms with Crippen LogP contribution in [0, 0.1) is 5.92 Å². The summed E-state index contributed by atoms with van der Waals surface area (Å²) in [6.07, 6.45) is 1.31. The Morgan fingerprint density at radius 3 is 2.50 bits per heavy atom. The Bertz CT molecular complexity index is 745. The molecular formula is C20H26ClN3O4. The number of anilines is 1. The van der Waals surface area contributed by atoms with Gasteiger partial charge in [0.05, 0.1) is 25.4 Å². The molecule has 1 unspecified atom stereocenters. The molecule has 0 radical (unpaired) electrons. The Kier molecular flexibility index (Phi) is 5.64. The highest BCUT2D eigenvalue weighted by Crippen LogP contribution is 2.36. The quantitative estimate of drug-likeness (QED) is 0.718. The molecule has 1 atom stereocenters. The van der Waals surface area contributed by atoms with Gasteiger partial charge in [-0.3, -0.25) is 9.69 Å². The third kappa shape index (κ3) is 3.91. The Balaban J connectivity index is 1.40. The fraction of sp³-hybridized carbons (Fsp3) is 0.600. The van der Waals surface area contributed by atoms with Gasteiger partial charge in [-0.2, -0.15) is 0 Å². The van der Waals surface area contributed by atoms with Crippen LogP contribution in [0.5, 0.6) is 5.75 Å². The maximum Gasteiger partial charge on any atom is 0.324 e. The van der Waals surface area contributed by atoms with Crippen LogP contribution in [0.25, 0.3) is 0 Å². The average molecular weight is 408 g/mol. The van der Waals surface area contributed by atoms with Gasteiger partial charge < -0.3 is 19.3 Å². The summed E-state index contributed by atoms with van der Waals surface area (Å²) in [5.41, 5.74) is 0.710. The van der Waals surface area contributed by atoms with Crippen molar-refractivity contribution in [3.63, 3.8) is 0 Å². The second kappa shape index (κ2) is 8.17. The number of rotatable bonds is 1. The largest absolute Gasteiger partial charge is 0.487 e. The molecule has 0 saturated carbocycles. The van der Waals surface area contributed by atoms with E-state index in [1.165, 1.54) is 0 Å². The SMILES string of the molecule is CC1CN(C(=O)N2CCC(C(=O)N3CCOCC3)CC2)c2cc(Cl)ccc2O1. The minimum atomic E-state index is -0.0851. The number of morpholine rings is 1. The highest BCUT2D eigenvalue weighted by Gasteiger charge is 2.35. The molecule has 0 spiro atoms. The minimum absolute atomic E-state index is 0.00695. The van der Waals surface area contributed by atoms with Gasteiger partial charge in [-0.25, -0.2) is 4.79 Å². The third-order valence-corrected chi connectivity index (χ3v) is 5.88. The van der Waals surface area contributed by atoms with E-state index >= 15 is 0 Å². The summed E-state index contributed by atoms with van der Waals surface area (Å²) in [7, 11) is 0. The van der Waals surface area contributed by atoms with E-state index < -0.39 is 0 Å². The molecule has 3 aliphatic rings. The molecule has 0 aromatic heterocycles. The molecule has 1 aromatic rings. The molecule has 3 amide bonds. The van der Waals surface area contributed by atoms with Crippen LogP contribution in [-0.2, 0) is 9.53 Å². The van der Waals surface area contributed by atoms with Gasteiger partial charge in [-0.05, 0) is 38.0 Å². The van der Waals surface area contributed by atoms with E-state index in [4.69, 9.17) is 21.1 Å². The van der Waals surface area contributed by atoms with Crippen molar-refractivity contribution in [3.05, 3.63) is 23.2 Å². The number of fused-ring (bicyclic) bond motifs is 1. The first-order chi connectivity index (χ1) is 13.5. The van der Waals surface area contributed by atoms with E-state index in [0.717, 1.165) is 0 Å². The Labute approximate surface area is 170 Å². The molecule has 3 aliphatic heterocycles. The number of likely N-dealkylation sites (tertiary alicyclic amines) is 1. The first-order valence-electron chi connectivity index (χ1n) is 9.92. The van der Waals surface area contributed by atoms with Gasteiger partial charge in [0.1, 0.15) is 11.9 Å². The van der Waals surface area contributed by atoms with Gasteiger partial charge >= 0.3 is 6.03 Å². The maximum atomic E-state index is 13.2. The molecule has 0 bridgehead atoms. The second-order valence-electron chi connectivity index (χ2n) is 7.63. The molecule has 152 valence electrons. The van der Waals surface area contributed by atoms with Crippen LogP contribution in [0.3, 0.4) is 0 Å². The maximum absolute atomic E-state index is 13.2. The summed E-state index contributed by atoms with van der Waals surface area (Å²) in [5.74, 6) is 0.869. The minimum Gasteiger partial charge on any atom is -0.487 e. The molecule has 0 aliphatic carbocycles. The lowest BCUT2D eigenvalue weighted by Crippen LogP contribution is -2.52. The number of carbonyl (C=O) groups excluding carboxylic acids is 2. The number of carbonyl (C=O) groups is 2. The van der Waals surface area contributed by atoms with E-state index in [1.807, 2.05) is 16.7 Å². The van der Waals surface area contributed by atoms with Crippen molar-refractivity contribution in [2.45, 2.75) is 25.9 Å². The van der Waals surface area contributed by atoms with E-state index in [-0.39, 0.29) is 24.0 Å². The van der Waals surface area contributed by atoms with E-state index in [2.05, 4.69) is 0 Å². The van der Waals surface area contributed by atoms with Gasteiger partial charge in [0, 0.05) is 37.1 Å². The molecule has 2 saturated heterocycles. The Morgan fingerprint density at radius 2 is 1.79 bits per heavy atom. The number of halogens is 1. The molecule has 28 heavy (non-hydrogen) atoms. The number of benzene rings is 1. The summed E-state index contributed by atoms with van der Waals surface area (Å²) in [4.78, 5) is 31.4. The van der Waals surface area contributed by atoms with E-state index in [9.17, 15) is 9.59 Å². The highest BCUT2D eigenvalue weighted by molar-refractivity contribution is 6.31. The number of urea groups is 1. The zero-order valence-electron chi connectivity index (χ0n) is 16.1. The number of hydrogen-bond donors (Lipinski definition) is 0. The van der Waals surface area contributed by atoms with Crippen LogP contribution < -0.4 is 9.64 Å². The van der Waals surface area contributed by atoms with Crippen molar-refractivity contribution >= 4 is 29.2 Å². The van der Waals surface area contributed by atoms with Crippen LogP contribution in [0.1, 0.15) is 19.8 Å². The highest BCUT2D eigenvalue weighted by atomic mass is 35.5. The standard InChI is InChI=1S/C20H26ClN3O4/c1-14-13-24(17-12-16(21)2-3-18(17)28-14)20(26)23-6-4-15(5-7-23)19(25)22-8-10-27-11-9-22/h2-3,12,14-15H,4-11,13H2,1H3. The van der Waals surface area contributed by atoms with Gasteiger partial charge in [-0.15, -0.1) is 0 Å². The molecule has 4 rings (SSSR count). The molecule has 7 nitrogen and oxygen atoms in total. The topological polar surface area (TPSA) is 62.3 Å². The smallest absolute Gasteiger partial charge is 0.324 e. The molecular weight excluding hydrogens is 382 g/mol. The average Bonchev–Trinajstić information content (AvgIpc) is 2.73. The van der Waals surface area contributed by atoms with Gasteiger partial charge in [-0.1, -0.05) is 11.6 Å². The second-order valence-corrected chi connectivity index (χ2v) is 8.07. The van der Waals surface area contributed by atoms with Crippen LogP contribution >= 0.6 is 11.6 Å². The van der Waals surface area contributed by atoms with Crippen molar-refractivity contribution < 1.29 is 19.1 Å². The van der Waals surface area contributed by atoms with E-state index in [1.54, 1.807) is 23.1 Å². The number of hydrogen-bond acceptors (Lipinski definition) is 4. The Hall–Kier alpha value is -1.99. The van der Waals surface area contributed by atoms with Crippen molar-refractivity contribution in [2.75, 3.05) is 50.8 Å². The lowest BCUT2D eigenvalue weighted by molar-refractivity contribution is -0.141. The molecule has 1 aromatic carbocycles. The molecule has 3 heterocycles. The van der Waals surface area contributed by atoms with E-state index in [0.29, 0.717) is 75.2 Å².